The van der Waals surface area contributed by atoms with Crippen molar-refractivity contribution in [2.24, 2.45) is 0 Å². The first-order valence-electron chi connectivity index (χ1n) is 10.0. The van der Waals surface area contributed by atoms with Crippen LogP contribution in [-0.4, -0.2) is 42.5 Å². The van der Waals surface area contributed by atoms with Gasteiger partial charge in [-0.05, 0) is 51.0 Å². The molecule has 30 heavy (non-hydrogen) atoms. The van der Waals surface area contributed by atoms with Crippen LogP contribution in [0.1, 0.15) is 37.0 Å². The van der Waals surface area contributed by atoms with Crippen LogP contribution in [0, 0.1) is 10.1 Å². The van der Waals surface area contributed by atoms with Gasteiger partial charge >= 0.3 is 5.97 Å². The van der Waals surface area contributed by atoms with Crippen molar-refractivity contribution < 1.29 is 19.2 Å². The zero-order chi connectivity index (χ0) is 21.7. The van der Waals surface area contributed by atoms with E-state index in [0.717, 1.165) is 25.9 Å². The Labute approximate surface area is 175 Å². The highest BCUT2D eigenvalue weighted by Crippen LogP contribution is 2.32. The number of ether oxygens (including phenoxy) is 1. The Bertz CT molecular complexity index is 926. The maximum atomic E-state index is 12.8. The molecule has 0 saturated carbocycles. The lowest BCUT2D eigenvalue weighted by atomic mass is 10.1. The fraction of sp³-hybridized carbons (Fsp3) is 0.364. The molecule has 8 heteroatoms. The van der Waals surface area contributed by atoms with Gasteiger partial charge in [-0.15, -0.1) is 0 Å². The number of esters is 1. The third kappa shape index (κ3) is 4.59. The molecule has 1 atom stereocenters. The van der Waals surface area contributed by atoms with E-state index in [-0.39, 0.29) is 17.2 Å². The quantitative estimate of drug-likeness (QED) is 0.391. The van der Waals surface area contributed by atoms with Crippen molar-refractivity contribution in [3.63, 3.8) is 0 Å². The topological polar surface area (TPSA) is 93.0 Å². The number of nitro benzene ring substituents is 1. The minimum atomic E-state index is -1.03. The van der Waals surface area contributed by atoms with Gasteiger partial charge in [0.05, 0.1) is 10.5 Å². The van der Waals surface area contributed by atoms with Gasteiger partial charge in [0.15, 0.2) is 6.10 Å². The SMILES string of the molecule is CCN(C(=O)[C@@H](C)OC(=O)c1ccc(N2CCCC2)c([N+](=O)[O-])c1)c1ccccc1. The van der Waals surface area contributed by atoms with Crippen LogP contribution in [-0.2, 0) is 9.53 Å². The largest absolute Gasteiger partial charge is 0.449 e. The Kier molecular flexibility index (Phi) is 6.66. The van der Waals surface area contributed by atoms with Crippen LogP contribution in [0.4, 0.5) is 17.1 Å². The number of carbonyl (C=O) groups is 2. The molecular weight excluding hydrogens is 386 g/mol. The van der Waals surface area contributed by atoms with Gasteiger partial charge in [0.25, 0.3) is 11.6 Å². The summed E-state index contributed by atoms with van der Waals surface area (Å²) >= 11 is 0. The summed E-state index contributed by atoms with van der Waals surface area (Å²) in [7, 11) is 0. The summed E-state index contributed by atoms with van der Waals surface area (Å²) in [4.78, 5) is 39.9. The van der Waals surface area contributed by atoms with Crippen molar-refractivity contribution >= 4 is 28.9 Å². The minimum absolute atomic E-state index is 0.0482. The minimum Gasteiger partial charge on any atom is -0.449 e. The van der Waals surface area contributed by atoms with Gasteiger partial charge in [0, 0.05) is 31.4 Å². The van der Waals surface area contributed by atoms with Gasteiger partial charge in [-0.3, -0.25) is 14.9 Å². The van der Waals surface area contributed by atoms with Crippen LogP contribution in [0.15, 0.2) is 48.5 Å². The molecule has 1 saturated heterocycles. The van der Waals surface area contributed by atoms with E-state index in [1.807, 2.05) is 30.0 Å². The number of hydrogen-bond acceptors (Lipinski definition) is 6. The van der Waals surface area contributed by atoms with E-state index < -0.39 is 17.0 Å². The lowest BCUT2D eigenvalue weighted by molar-refractivity contribution is -0.384. The zero-order valence-corrected chi connectivity index (χ0v) is 17.1. The monoisotopic (exact) mass is 411 g/mol. The predicted molar refractivity (Wildman–Crippen MR) is 114 cm³/mol. The van der Waals surface area contributed by atoms with Crippen molar-refractivity contribution in [2.45, 2.75) is 32.8 Å². The smallest absolute Gasteiger partial charge is 0.339 e. The molecule has 0 spiro atoms. The number of nitro groups is 1. The molecular formula is C22H25N3O5. The number of carbonyl (C=O) groups excluding carboxylic acids is 2. The van der Waals surface area contributed by atoms with Gasteiger partial charge in [0.1, 0.15) is 5.69 Å². The van der Waals surface area contributed by atoms with Crippen LogP contribution in [0.2, 0.25) is 0 Å². The number of anilines is 2. The number of amides is 1. The molecule has 1 aliphatic heterocycles. The van der Waals surface area contributed by atoms with Gasteiger partial charge in [-0.1, -0.05) is 18.2 Å². The summed E-state index contributed by atoms with van der Waals surface area (Å²) in [6, 6.07) is 13.4. The summed E-state index contributed by atoms with van der Waals surface area (Å²) < 4.78 is 5.34. The first kappa shape index (κ1) is 21.3. The standard InChI is InChI=1S/C22H25N3O5/c1-3-24(18-9-5-4-6-10-18)21(26)16(2)30-22(27)17-11-12-19(20(15-17)25(28)29)23-13-7-8-14-23/h4-6,9-12,15-16H,3,7-8,13-14H2,1-2H3/t16-/m1/s1. The Hall–Kier alpha value is -3.42. The third-order valence-electron chi connectivity index (χ3n) is 5.14. The highest BCUT2D eigenvalue weighted by atomic mass is 16.6. The summed E-state index contributed by atoms with van der Waals surface area (Å²) in [5, 5.41) is 11.5. The van der Waals surface area contributed by atoms with E-state index in [4.69, 9.17) is 4.74 Å². The molecule has 1 heterocycles. The summed E-state index contributed by atoms with van der Waals surface area (Å²) in [6.07, 6.45) is 0.932. The molecule has 1 amide bonds. The van der Waals surface area contributed by atoms with Crippen molar-refractivity contribution in [2.75, 3.05) is 29.4 Å². The molecule has 2 aromatic rings. The average Bonchev–Trinajstić information content (AvgIpc) is 3.29. The Morgan fingerprint density at radius 2 is 1.83 bits per heavy atom. The third-order valence-corrected chi connectivity index (χ3v) is 5.14. The molecule has 0 unspecified atom stereocenters. The van der Waals surface area contributed by atoms with Crippen LogP contribution < -0.4 is 9.80 Å². The molecule has 1 fully saturated rings. The Balaban J connectivity index is 1.75. The summed E-state index contributed by atoms with van der Waals surface area (Å²) in [5.41, 5.74) is 1.12. The Morgan fingerprint density at radius 3 is 2.43 bits per heavy atom. The van der Waals surface area contributed by atoms with E-state index in [0.29, 0.717) is 17.9 Å². The predicted octanol–water partition coefficient (Wildman–Crippen LogP) is 3.79. The molecule has 2 aromatic carbocycles. The zero-order valence-electron chi connectivity index (χ0n) is 17.1. The van der Waals surface area contributed by atoms with Crippen molar-refractivity contribution in [3.05, 3.63) is 64.2 Å². The molecule has 158 valence electrons. The van der Waals surface area contributed by atoms with Gasteiger partial charge in [0.2, 0.25) is 0 Å². The molecule has 0 N–H and O–H groups in total. The van der Waals surface area contributed by atoms with Crippen LogP contribution >= 0.6 is 0 Å². The van der Waals surface area contributed by atoms with Crippen LogP contribution in [0.3, 0.4) is 0 Å². The molecule has 0 radical (unpaired) electrons. The lowest BCUT2D eigenvalue weighted by Gasteiger charge is -2.24. The number of para-hydroxylation sites is 1. The summed E-state index contributed by atoms with van der Waals surface area (Å²) in [6.45, 7) is 5.25. The highest BCUT2D eigenvalue weighted by molar-refractivity contribution is 5.99. The van der Waals surface area contributed by atoms with Gasteiger partial charge in [-0.2, -0.15) is 0 Å². The molecule has 0 bridgehead atoms. The molecule has 0 aromatic heterocycles. The van der Waals surface area contributed by atoms with E-state index in [1.165, 1.54) is 24.0 Å². The fourth-order valence-electron chi connectivity index (χ4n) is 3.59. The van der Waals surface area contributed by atoms with Crippen LogP contribution in [0.5, 0.6) is 0 Å². The van der Waals surface area contributed by atoms with Crippen molar-refractivity contribution in [3.8, 4) is 0 Å². The number of rotatable bonds is 7. The number of likely N-dealkylation sites (N-methyl/N-ethyl adjacent to an activating group) is 1. The molecule has 8 nitrogen and oxygen atoms in total. The second-order valence-electron chi connectivity index (χ2n) is 7.12. The normalized spacial score (nSPS) is 14.3. The van der Waals surface area contributed by atoms with Crippen LogP contribution in [0.25, 0.3) is 0 Å². The molecule has 1 aliphatic rings. The second kappa shape index (κ2) is 9.39. The van der Waals surface area contributed by atoms with E-state index >= 15 is 0 Å². The van der Waals surface area contributed by atoms with Gasteiger partial charge < -0.3 is 14.5 Å². The van der Waals surface area contributed by atoms with E-state index in [2.05, 4.69) is 0 Å². The first-order valence-corrected chi connectivity index (χ1v) is 10.0. The lowest BCUT2D eigenvalue weighted by Crippen LogP contribution is -2.40. The number of nitrogens with zero attached hydrogens (tertiary/aromatic N) is 3. The van der Waals surface area contributed by atoms with E-state index in [9.17, 15) is 19.7 Å². The Morgan fingerprint density at radius 1 is 1.17 bits per heavy atom. The second-order valence-corrected chi connectivity index (χ2v) is 7.12. The first-order chi connectivity index (χ1) is 14.4. The van der Waals surface area contributed by atoms with Crippen molar-refractivity contribution in [1.82, 2.24) is 0 Å². The fourth-order valence-corrected chi connectivity index (χ4v) is 3.59. The number of benzene rings is 2. The maximum Gasteiger partial charge on any atom is 0.339 e. The number of hydrogen-bond donors (Lipinski definition) is 0. The average molecular weight is 411 g/mol. The highest BCUT2D eigenvalue weighted by Gasteiger charge is 2.27. The van der Waals surface area contributed by atoms with Gasteiger partial charge in [-0.25, -0.2) is 4.79 Å². The van der Waals surface area contributed by atoms with Crippen molar-refractivity contribution in [1.29, 1.82) is 0 Å². The summed E-state index contributed by atoms with van der Waals surface area (Å²) in [5.74, 6) is -1.13. The maximum absolute atomic E-state index is 12.8. The molecule has 3 rings (SSSR count). The molecule has 0 aliphatic carbocycles. The van der Waals surface area contributed by atoms with E-state index in [1.54, 1.807) is 18.2 Å².